The summed E-state index contributed by atoms with van der Waals surface area (Å²) in [5, 5.41) is 13.1. The first-order chi connectivity index (χ1) is 17.6. The summed E-state index contributed by atoms with van der Waals surface area (Å²) >= 11 is 0. The van der Waals surface area contributed by atoms with E-state index in [0.717, 1.165) is 18.8 Å². The molecule has 4 rings (SSSR count). The molecular weight excluding hydrogens is 486 g/mol. The van der Waals surface area contributed by atoms with Gasteiger partial charge in [0.25, 0.3) is 0 Å². The van der Waals surface area contributed by atoms with E-state index >= 15 is 0 Å². The predicted molar refractivity (Wildman–Crippen MR) is 133 cm³/mol. The third kappa shape index (κ3) is 5.99. The van der Waals surface area contributed by atoms with Crippen LogP contribution >= 0.6 is 0 Å². The van der Waals surface area contributed by atoms with Gasteiger partial charge in [0, 0.05) is 37.0 Å². The zero-order chi connectivity index (χ0) is 26.7. The zero-order valence-corrected chi connectivity index (χ0v) is 21.0. The van der Waals surface area contributed by atoms with Crippen LogP contribution in [0.2, 0.25) is 0 Å². The van der Waals surface area contributed by atoms with E-state index in [9.17, 15) is 27.5 Å². The van der Waals surface area contributed by atoms with E-state index in [1.54, 1.807) is 36.2 Å². The molecule has 2 fully saturated rings. The molecule has 3 N–H and O–H groups in total. The van der Waals surface area contributed by atoms with Crippen LogP contribution in [0, 0.1) is 24.6 Å². The first-order valence-corrected chi connectivity index (χ1v) is 12.8. The van der Waals surface area contributed by atoms with Gasteiger partial charge < -0.3 is 10.8 Å². The van der Waals surface area contributed by atoms with Gasteiger partial charge in [-0.2, -0.15) is 13.2 Å². The van der Waals surface area contributed by atoms with Crippen molar-refractivity contribution in [2.45, 2.75) is 57.2 Å². The van der Waals surface area contributed by atoms with Crippen molar-refractivity contribution >= 4 is 5.78 Å². The quantitative estimate of drug-likeness (QED) is 0.278. The average Bonchev–Trinajstić information content (AvgIpc) is 3.36. The summed E-state index contributed by atoms with van der Waals surface area (Å²) in [5.74, 6) is -1.06. The SMILES string of the molecule is Cc1c(F)cccc1[C@@H]1[C](CCCCN)CN(N2CCC[C@H]2C(F)(F)F)C[C@@H]1C(=O)c1cccc(O)c1. The maximum absolute atomic E-state index is 14.7. The Balaban J connectivity index is 1.78. The van der Waals surface area contributed by atoms with Crippen LogP contribution in [0.5, 0.6) is 5.75 Å². The number of halogens is 4. The molecular formula is C28H34F4N3O2. The number of carbonyl (C=O) groups is 1. The van der Waals surface area contributed by atoms with Crippen LogP contribution in [-0.2, 0) is 0 Å². The number of rotatable bonds is 8. The summed E-state index contributed by atoms with van der Waals surface area (Å²) in [7, 11) is 0. The van der Waals surface area contributed by atoms with Crippen LogP contribution in [0.4, 0.5) is 17.6 Å². The third-order valence-electron chi connectivity index (χ3n) is 7.67. The Bertz CT molecular complexity index is 1090. The summed E-state index contributed by atoms with van der Waals surface area (Å²) in [5.41, 5.74) is 7.10. The lowest BCUT2D eigenvalue weighted by atomic mass is 9.68. The number of aromatic hydroxyl groups is 1. The van der Waals surface area contributed by atoms with Gasteiger partial charge in [0.05, 0.1) is 0 Å². The highest BCUT2D eigenvalue weighted by atomic mass is 19.4. The first kappa shape index (κ1) is 27.5. The number of piperidine rings is 1. The second kappa shape index (κ2) is 11.5. The molecule has 37 heavy (non-hydrogen) atoms. The largest absolute Gasteiger partial charge is 0.508 e. The maximum Gasteiger partial charge on any atom is 0.405 e. The van der Waals surface area contributed by atoms with Gasteiger partial charge in [-0.3, -0.25) is 4.79 Å². The summed E-state index contributed by atoms with van der Waals surface area (Å²) in [6, 6.07) is 9.18. The topological polar surface area (TPSA) is 69.8 Å². The number of hydrogen-bond acceptors (Lipinski definition) is 5. The van der Waals surface area contributed by atoms with Gasteiger partial charge in [-0.25, -0.2) is 14.4 Å². The molecule has 2 aliphatic rings. The fraction of sp³-hybridized carbons (Fsp3) is 0.500. The molecule has 9 heteroatoms. The van der Waals surface area contributed by atoms with Crippen molar-refractivity contribution in [2.24, 2.45) is 11.7 Å². The first-order valence-electron chi connectivity index (χ1n) is 12.8. The number of nitrogens with zero attached hydrogens (tertiary/aromatic N) is 2. The Morgan fingerprint density at radius 3 is 2.62 bits per heavy atom. The normalized spacial score (nSPS) is 24.0. The Hall–Kier alpha value is -2.49. The molecule has 0 spiro atoms. The Morgan fingerprint density at radius 1 is 1.16 bits per heavy atom. The van der Waals surface area contributed by atoms with Gasteiger partial charge in [0.1, 0.15) is 17.6 Å². The smallest absolute Gasteiger partial charge is 0.405 e. The number of ketones is 1. The molecule has 0 amide bonds. The third-order valence-corrected chi connectivity index (χ3v) is 7.67. The molecule has 0 bridgehead atoms. The minimum Gasteiger partial charge on any atom is -0.508 e. The lowest BCUT2D eigenvalue weighted by Gasteiger charge is -2.48. The summed E-state index contributed by atoms with van der Waals surface area (Å²) < 4.78 is 56.4. The minimum absolute atomic E-state index is 0.0140. The fourth-order valence-electron chi connectivity index (χ4n) is 5.87. The number of carbonyl (C=O) groups excluding carboxylic acids is 1. The van der Waals surface area contributed by atoms with Crippen molar-refractivity contribution in [1.29, 1.82) is 0 Å². The van der Waals surface area contributed by atoms with Crippen LogP contribution in [0.3, 0.4) is 0 Å². The van der Waals surface area contributed by atoms with Gasteiger partial charge in [-0.1, -0.05) is 30.7 Å². The van der Waals surface area contributed by atoms with Crippen molar-refractivity contribution in [3.05, 3.63) is 70.9 Å². The number of Topliss-reactive ketones (excluding diaryl/α,β-unsaturated/α-hetero) is 1. The number of unbranched alkanes of at least 4 members (excludes halogenated alkanes) is 1. The molecule has 1 radical (unpaired) electrons. The summed E-state index contributed by atoms with van der Waals surface area (Å²) in [6.07, 6.45) is -1.92. The second-order valence-electron chi connectivity index (χ2n) is 10.1. The summed E-state index contributed by atoms with van der Waals surface area (Å²) in [6.45, 7) is 2.75. The van der Waals surface area contributed by atoms with Crippen LogP contribution in [0.25, 0.3) is 0 Å². The standard InChI is InChI=1S/C28H34F4N3O2/c1-18-22(10-5-11-24(18)29)26-20(7-2-3-13-33)16-34(35-14-6-12-25(35)28(30,31)32)17-23(26)27(37)19-8-4-9-21(36)15-19/h4-5,8-11,15,23,25-26,36H,2-3,6-7,12-14,16-17,33H2,1H3/t23-,25-,26-/m0/s1. The number of benzene rings is 2. The van der Waals surface area contributed by atoms with E-state index in [1.807, 2.05) is 0 Å². The van der Waals surface area contributed by atoms with E-state index in [-0.39, 0.29) is 49.0 Å². The van der Waals surface area contributed by atoms with Crippen molar-refractivity contribution in [1.82, 2.24) is 10.0 Å². The highest BCUT2D eigenvalue weighted by Gasteiger charge is 2.51. The molecule has 2 saturated heterocycles. The number of phenols is 1. The Kier molecular flexibility index (Phi) is 8.56. The molecule has 0 aliphatic carbocycles. The highest BCUT2D eigenvalue weighted by molar-refractivity contribution is 5.99. The van der Waals surface area contributed by atoms with Gasteiger partial charge >= 0.3 is 6.18 Å². The van der Waals surface area contributed by atoms with E-state index in [4.69, 9.17) is 5.73 Å². The van der Waals surface area contributed by atoms with Crippen molar-refractivity contribution in [3.63, 3.8) is 0 Å². The van der Waals surface area contributed by atoms with Crippen molar-refractivity contribution in [3.8, 4) is 5.75 Å². The molecule has 0 unspecified atom stereocenters. The van der Waals surface area contributed by atoms with Crippen LogP contribution in [-0.4, -0.2) is 59.3 Å². The zero-order valence-electron chi connectivity index (χ0n) is 21.0. The molecule has 201 valence electrons. The van der Waals surface area contributed by atoms with Crippen LogP contribution in [0.1, 0.15) is 59.5 Å². The molecule has 3 atom stereocenters. The second-order valence-corrected chi connectivity index (χ2v) is 10.1. The van der Waals surface area contributed by atoms with Crippen molar-refractivity contribution in [2.75, 3.05) is 26.2 Å². The maximum atomic E-state index is 14.7. The fourth-order valence-corrected chi connectivity index (χ4v) is 5.87. The molecule has 0 aromatic heterocycles. The highest BCUT2D eigenvalue weighted by Crippen LogP contribution is 2.46. The molecule has 0 saturated carbocycles. The predicted octanol–water partition coefficient (Wildman–Crippen LogP) is 5.38. The molecule has 5 nitrogen and oxygen atoms in total. The Morgan fingerprint density at radius 2 is 1.92 bits per heavy atom. The molecule has 2 aliphatic heterocycles. The summed E-state index contributed by atoms with van der Waals surface area (Å²) in [4.78, 5) is 13.9. The van der Waals surface area contributed by atoms with E-state index in [2.05, 4.69) is 0 Å². The van der Waals surface area contributed by atoms with Gasteiger partial charge in [0.2, 0.25) is 0 Å². The van der Waals surface area contributed by atoms with Crippen molar-refractivity contribution < 1.29 is 27.5 Å². The van der Waals surface area contributed by atoms with Gasteiger partial charge in [-0.05, 0) is 74.4 Å². The number of phenolic OH excluding ortho intramolecular Hbond substituents is 1. The lowest BCUT2D eigenvalue weighted by Crippen LogP contribution is -2.58. The van der Waals surface area contributed by atoms with Crippen LogP contribution < -0.4 is 5.73 Å². The van der Waals surface area contributed by atoms with E-state index < -0.39 is 24.1 Å². The van der Waals surface area contributed by atoms with Gasteiger partial charge in [-0.15, -0.1) is 0 Å². The number of alkyl halides is 3. The molecule has 2 aromatic carbocycles. The lowest BCUT2D eigenvalue weighted by molar-refractivity contribution is -0.214. The number of nitrogens with two attached hydrogens (primary N) is 1. The number of hydrazine groups is 1. The minimum atomic E-state index is -4.38. The monoisotopic (exact) mass is 520 g/mol. The van der Waals surface area contributed by atoms with E-state index in [0.29, 0.717) is 30.5 Å². The molecule has 2 aromatic rings. The average molecular weight is 521 g/mol. The number of hydrogen-bond donors (Lipinski definition) is 2. The van der Waals surface area contributed by atoms with Crippen LogP contribution in [0.15, 0.2) is 42.5 Å². The molecule has 2 heterocycles. The van der Waals surface area contributed by atoms with Gasteiger partial charge in [0.15, 0.2) is 5.78 Å². The Labute approximate surface area is 215 Å². The van der Waals surface area contributed by atoms with E-state index in [1.165, 1.54) is 23.2 Å².